The van der Waals surface area contributed by atoms with Crippen molar-refractivity contribution in [2.75, 3.05) is 16.9 Å². The number of hydrogen-bond donors (Lipinski definition) is 2. The van der Waals surface area contributed by atoms with Crippen LogP contribution in [0.2, 0.25) is 0 Å². The van der Waals surface area contributed by atoms with Gasteiger partial charge in [-0.2, -0.15) is 4.98 Å². The first-order chi connectivity index (χ1) is 14.1. The van der Waals surface area contributed by atoms with Crippen molar-refractivity contribution in [3.05, 3.63) is 29.2 Å². The van der Waals surface area contributed by atoms with Crippen LogP contribution in [-0.4, -0.2) is 22.8 Å². The standard InChI is InChI=1S/C22H33N5O2/c1-14(2)17-12-20(29-26-17)19-10-7-11-27(19)22-15(3)18(25-23)13-21(24-22)28-16-8-5-4-6-9-16/h12-14,16,19H,4-11,23H2,1-3H3,(H,24,25). The van der Waals surface area contributed by atoms with E-state index >= 15 is 0 Å². The van der Waals surface area contributed by atoms with Gasteiger partial charge in [0.1, 0.15) is 11.9 Å². The molecule has 3 heterocycles. The molecule has 1 unspecified atom stereocenters. The molecule has 0 amide bonds. The highest BCUT2D eigenvalue weighted by Gasteiger charge is 2.32. The first-order valence-corrected chi connectivity index (χ1v) is 10.9. The molecule has 7 nitrogen and oxygen atoms in total. The Bertz CT molecular complexity index is 829. The summed E-state index contributed by atoms with van der Waals surface area (Å²) in [5.74, 6) is 8.65. The van der Waals surface area contributed by atoms with Crippen LogP contribution < -0.4 is 20.9 Å². The summed E-state index contributed by atoms with van der Waals surface area (Å²) in [7, 11) is 0. The Kier molecular flexibility index (Phi) is 5.94. The third kappa shape index (κ3) is 4.20. The van der Waals surface area contributed by atoms with Crippen molar-refractivity contribution >= 4 is 11.5 Å². The zero-order valence-electron chi connectivity index (χ0n) is 17.8. The van der Waals surface area contributed by atoms with Gasteiger partial charge in [0.15, 0.2) is 5.76 Å². The van der Waals surface area contributed by atoms with Crippen molar-refractivity contribution < 1.29 is 9.26 Å². The van der Waals surface area contributed by atoms with E-state index in [1.165, 1.54) is 19.3 Å². The number of hydrogen-bond acceptors (Lipinski definition) is 7. The van der Waals surface area contributed by atoms with E-state index in [2.05, 4.69) is 42.3 Å². The van der Waals surface area contributed by atoms with E-state index in [-0.39, 0.29) is 12.1 Å². The molecule has 2 aromatic heterocycles. The lowest BCUT2D eigenvalue weighted by atomic mass is 9.98. The first kappa shape index (κ1) is 20.0. The molecule has 0 radical (unpaired) electrons. The van der Waals surface area contributed by atoms with Gasteiger partial charge in [-0.3, -0.25) is 5.84 Å². The summed E-state index contributed by atoms with van der Waals surface area (Å²) >= 11 is 0. The highest BCUT2D eigenvalue weighted by Crippen LogP contribution is 2.40. The lowest BCUT2D eigenvalue weighted by Gasteiger charge is -2.28. The summed E-state index contributed by atoms with van der Waals surface area (Å²) in [6.45, 7) is 7.24. The van der Waals surface area contributed by atoms with E-state index in [1.807, 2.05) is 6.07 Å². The number of ether oxygens (including phenoxy) is 1. The molecule has 1 saturated heterocycles. The van der Waals surface area contributed by atoms with Crippen LogP contribution in [0, 0.1) is 6.92 Å². The van der Waals surface area contributed by atoms with Crippen molar-refractivity contribution in [2.24, 2.45) is 5.84 Å². The molecule has 4 rings (SSSR count). The summed E-state index contributed by atoms with van der Waals surface area (Å²) in [5.41, 5.74) is 5.70. The summed E-state index contributed by atoms with van der Waals surface area (Å²) in [6, 6.07) is 4.15. The number of aromatic nitrogens is 2. The van der Waals surface area contributed by atoms with Crippen molar-refractivity contribution in [3.63, 3.8) is 0 Å². The predicted molar refractivity (Wildman–Crippen MR) is 114 cm³/mol. The first-order valence-electron chi connectivity index (χ1n) is 10.9. The Balaban J connectivity index is 1.63. The molecule has 1 atom stereocenters. The van der Waals surface area contributed by atoms with Gasteiger partial charge < -0.3 is 19.6 Å². The fourth-order valence-corrected chi connectivity index (χ4v) is 4.47. The summed E-state index contributed by atoms with van der Waals surface area (Å²) in [6.07, 6.45) is 8.29. The van der Waals surface area contributed by atoms with E-state index in [1.54, 1.807) is 0 Å². The van der Waals surface area contributed by atoms with Crippen molar-refractivity contribution in [1.29, 1.82) is 0 Å². The largest absolute Gasteiger partial charge is 0.474 e. The monoisotopic (exact) mass is 399 g/mol. The van der Waals surface area contributed by atoms with Crippen LogP contribution in [0.1, 0.15) is 87.8 Å². The minimum absolute atomic E-state index is 0.136. The van der Waals surface area contributed by atoms with Crippen LogP contribution >= 0.6 is 0 Å². The molecule has 2 aliphatic rings. The van der Waals surface area contributed by atoms with Crippen molar-refractivity contribution in [3.8, 4) is 5.88 Å². The van der Waals surface area contributed by atoms with E-state index < -0.39 is 0 Å². The van der Waals surface area contributed by atoms with Gasteiger partial charge >= 0.3 is 0 Å². The molecule has 1 aliphatic carbocycles. The average Bonchev–Trinajstić information content (AvgIpc) is 3.39. The molecule has 0 aromatic carbocycles. The zero-order chi connectivity index (χ0) is 20.4. The molecule has 2 fully saturated rings. The van der Waals surface area contributed by atoms with Gasteiger partial charge in [0.2, 0.25) is 5.88 Å². The van der Waals surface area contributed by atoms with Gasteiger partial charge in [-0.05, 0) is 51.4 Å². The van der Waals surface area contributed by atoms with Gasteiger partial charge in [0.25, 0.3) is 0 Å². The molecule has 7 heteroatoms. The predicted octanol–water partition coefficient (Wildman–Crippen LogP) is 4.84. The second-order valence-corrected chi connectivity index (χ2v) is 8.64. The van der Waals surface area contributed by atoms with Crippen molar-refractivity contribution in [1.82, 2.24) is 10.1 Å². The minimum Gasteiger partial charge on any atom is -0.474 e. The number of nitrogens with one attached hydrogen (secondary N) is 1. The molecule has 1 saturated carbocycles. The van der Waals surface area contributed by atoms with E-state index in [4.69, 9.17) is 20.1 Å². The summed E-state index contributed by atoms with van der Waals surface area (Å²) < 4.78 is 12.0. The second kappa shape index (κ2) is 8.61. The Hall–Kier alpha value is -2.28. The summed E-state index contributed by atoms with van der Waals surface area (Å²) in [5, 5.41) is 4.26. The fourth-order valence-electron chi connectivity index (χ4n) is 4.47. The fraction of sp³-hybridized carbons (Fsp3) is 0.636. The number of hydrazine groups is 1. The van der Waals surface area contributed by atoms with Crippen LogP contribution in [0.5, 0.6) is 5.88 Å². The number of pyridine rings is 1. The van der Waals surface area contributed by atoms with Crippen LogP contribution in [0.3, 0.4) is 0 Å². The minimum atomic E-state index is 0.136. The molecule has 2 aromatic rings. The molecular weight excluding hydrogens is 366 g/mol. The maximum Gasteiger partial charge on any atom is 0.217 e. The number of nitrogens with two attached hydrogens (primary N) is 1. The van der Waals surface area contributed by atoms with Gasteiger partial charge in [0.05, 0.1) is 17.4 Å². The van der Waals surface area contributed by atoms with Crippen LogP contribution in [-0.2, 0) is 0 Å². The van der Waals surface area contributed by atoms with E-state index in [0.717, 1.165) is 60.8 Å². The Morgan fingerprint density at radius 3 is 2.66 bits per heavy atom. The van der Waals surface area contributed by atoms with Gasteiger partial charge in [0, 0.05) is 24.2 Å². The number of rotatable bonds is 6. The zero-order valence-corrected chi connectivity index (χ0v) is 17.8. The van der Waals surface area contributed by atoms with Crippen molar-refractivity contribution in [2.45, 2.75) is 83.8 Å². The SMILES string of the molecule is Cc1c(NN)cc(OC2CCCCC2)nc1N1CCCC1c1cc(C(C)C)no1. The third-order valence-electron chi connectivity index (χ3n) is 6.21. The maximum absolute atomic E-state index is 6.26. The van der Waals surface area contributed by atoms with E-state index in [0.29, 0.717) is 11.8 Å². The van der Waals surface area contributed by atoms with Crippen LogP contribution in [0.25, 0.3) is 0 Å². The van der Waals surface area contributed by atoms with E-state index in [9.17, 15) is 0 Å². The quantitative estimate of drug-likeness (QED) is 0.530. The average molecular weight is 400 g/mol. The molecule has 3 N–H and O–H groups in total. The Morgan fingerprint density at radius 1 is 1.17 bits per heavy atom. The van der Waals surface area contributed by atoms with Gasteiger partial charge in [-0.15, -0.1) is 0 Å². The third-order valence-corrected chi connectivity index (χ3v) is 6.21. The maximum atomic E-state index is 6.26. The second-order valence-electron chi connectivity index (χ2n) is 8.64. The Labute approximate surface area is 173 Å². The molecule has 0 bridgehead atoms. The van der Waals surface area contributed by atoms with Crippen LogP contribution in [0.4, 0.5) is 11.5 Å². The topological polar surface area (TPSA) is 89.4 Å². The Morgan fingerprint density at radius 2 is 1.97 bits per heavy atom. The number of anilines is 2. The smallest absolute Gasteiger partial charge is 0.217 e. The molecule has 0 spiro atoms. The van der Waals surface area contributed by atoms with Gasteiger partial charge in [-0.25, -0.2) is 0 Å². The molecule has 29 heavy (non-hydrogen) atoms. The lowest BCUT2D eigenvalue weighted by Crippen LogP contribution is -2.26. The van der Waals surface area contributed by atoms with Crippen LogP contribution in [0.15, 0.2) is 16.7 Å². The molecule has 1 aliphatic heterocycles. The number of nitrogens with zero attached hydrogens (tertiary/aromatic N) is 3. The highest BCUT2D eigenvalue weighted by atomic mass is 16.5. The molecular formula is C22H33N5O2. The highest BCUT2D eigenvalue weighted by molar-refractivity contribution is 5.64. The normalized spacial score (nSPS) is 20.4. The van der Waals surface area contributed by atoms with Gasteiger partial charge in [-0.1, -0.05) is 25.4 Å². The molecule has 158 valence electrons. The lowest BCUT2D eigenvalue weighted by molar-refractivity contribution is 0.149. The number of nitrogen functional groups attached to an aromatic ring is 1. The summed E-state index contributed by atoms with van der Waals surface area (Å²) in [4.78, 5) is 7.23.